The van der Waals surface area contributed by atoms with E-state index in [0.717, 1.165) is 42.6 Å². The molecule has 1 aliphatic rings. The summed E-state index contributed by atoms with van der Waals surface area (Å²) >= 11 is 6.35. The van der Waals surface area contributed by atoms with Crippen LogP contribution in [0.1, 0.15) is 35.4 Å². The number of rotatable bonds is 2. The molecule has 1 atom stereocenters. The lowest BCUT2D eigenvalue weighted by Crippen LogP contribution is -2.29. The Kier molecular flexibility index (Phi) is 4.03. The Hall–Kier alpha value is -0.930. The number of hydrogen-bond donors (Lipinski definition) is 2. The Labute approximate surface area is 113 Å². The summed E-state index contributed by atoms with van der Waals surface area (Å²) in [7, 11) is 1.57. The van der Waals surface area contributed by atoms with Crippen LogP contribution in [0.4, 0.5) is 0 Å². The predicted octanol–water partition coefficient (Wildman–Crippen LogP) is 3.14. The average Bonchev–Trinajstić information content (AvgIpc) is 2.38. The van der Waals surface area contributed by atoms with Crippen LogP contribution in [-0.4, -0.2) is 25.3 Å². The van der Waals surface area contributed by atoms with E-state index in [4.69, 9.17) is 16.3 Å². The Morgan fingerprint density at radius 2 is 2.06 bits per heavy atom. The summed E-state index contributed by atoms with van der Waals surface area (Å²) in [4.78, 5) is 0. The summed E-state index contributed by atoms with van der Waals surface area (Å²) in [5, 5.41) is 14.5. The Morgan fingerprint density at radius 1 is 1.33 bits per heavy atom. The van der Waals surface area contributed by atoms with Gasteiger partial charge in [0.1, 0.15) is 0 Å². The van der Waals surface area contributed by atoms with Gasteiger partial charge >= 0.3 is 0 Å². The zero-order valence-electron chi connectivity index (χ0n) is 11.1. The molecule has 1 aromatic carbocycles. The van der Waals surface area contributed by atoms with Gasteiger partial charge in [-0.25, -0.2) is 0 Å². The number of halogens is 1. The van der Waals surface area contributed by atoms with Crippen LogP contribution < -0.4 is 10.1 Å². The van der Waals surface area contributed by atoms with Crippen molar-refractivity contribution >= 4 is 11.6 Å². The molecule has 1 unspecified atom stereocenters. The van der Waals surface area contributed by atoms with E-state index in [-0.39, 0.29) is 5.75 Å². The minimum absolute atomic E-state index is 0.255. The molecule has 1 aliphatic heterocycles. The number of methoxy groups -OCH3 is 1. The summed E-state index contributed by atoms with van der Waals surface area (Å²) < 4.78 is 5.29. The molecule has 18 heavy (non-hydrogen) atoms. The molecule has 2 N–H and O–H groups in total. The average molecular weight is 270 g/mol. The minimum atomic E-state index is 0.255. The fourth-order valence-corrected chi connectivity index (χ4v) is 3.01. The first-order valence-electron chi connectivity index (χ1n) is 6.34. The molecule has 2 rings (SSSR count). The number of nitrogens with one attached hydrogen (secondary N) is 1. The van der Waals surface area contributed by atoms with Crippen molar-refractivity contribution in [3.8, 4) is 11.5 Å². The Balaban J connectivity index is 2.54. The van der Waals surface area contributed by atoms with E-state index in [1.54, 1.807) is 7.11 Å². The van der Waals surface area contributed by atoms with Gasteiger partial charge < -0.3 is 15.2 Å². The third-order valence-corrected chi connectivity index (χ3v) is 4.35. The Morgan fingerprint density at radius 3 is 2.61 bits per heavy atom. The van der Waals surface area contributed by atoms with Gasteiger partial charge in [-0.15, -0.1) is 0 Å². The van der Waals surface area contributed by atoms with Gasteiger partial charge in [0.2, 0.25) is 0 Å². The molecule has 0 saturated carbocycles. The normalized spacial score (nSPS) is 19.9. The second-order valence-electron chi connectivity index (χ2n) is 4.90. The monoisotopic (exact) mass is 269 g/mol. The van der Waals surface area contributed by atoms with Gasteiger partial charge in [-0.05, 0) is 38.8 Å². The molecule has 0 spiro atoms. The highest BCUT2D eigenvalue weighted by atomic mass is 35.5. The molecule has 1 aromatic rings. The quantitative estimate of drug-likeness (QED) is 0.867. The van der Waals surface area contributed by atoms with Gasteiger partial charge in [0, 0.05) is 23.6 Å². The second kappa shape index (κ2) is 5.37. The van der Waals surface area contributed by atoms with Crippen molar-refractivity contribution in [2.24, 2.45) is 0 Å². The fourth-order valence-electron chi connectivity index (χ4n) is 2.82. The van der Waals surface area contributed by atoms with Gasteiger partial charge in [-0.3, -0.25) is 0 Å². The second-order valence-corrected chi connectivity index (χ2v) is 5.28. The molecule has 3 nitrogen and oxygen atoms in total. The highest BCUT2D eigenvalue weighted by Gasteiger charge is 2.26. The number of benzene rings is 1. The summed E-state index contributed by atoms with van der Waals surface area (Å²) in [6.45, 7) is 5.78. The van der Waals surface area contributed by atoms with E-state index >= 15 is 0 Å². The van der Waals surface area contributed by atoms with Crippen LogP contribution in [0.5, 0.6) is 11.5 Å². The largest absolute Gasteiger partial charge is 0.504 e. The lowest BCUT2D eigenvalue weighted by atomic mass is 9.87. The van der Waals surface area contributed by atoms with Crippen molar-refractivity contribution in [3.05, 3.63) is 21.7 Å². The number of hydrogen-bond acceptors (Lipinski definition) is 3. The molecule has 0 aliphatic carbocycles. The van der Waals surface area contributed by atoms with Crippen LogP contribution >= 0.6 is 11.6 Å². The van der Waals surface area contributed by atoms with Crippen LogP contribution in [-0.2, 0) is 0 Å². The van der Waals surface area contributed by atoms with Gasteiger partial charge in [0.25, 0.3) is 0 Å². The van der Waals surface area contributed by atoms with Crippen LogP contribution in [0, 0.1) is 13.8 Å². The first kappa shape index (κ1) is 13.5. The molecule has 100 valence electrons. The summed E-state index contributed by atoms with van der Waals surface area (Å²) in [5.41, 5.74) is 2.72. The number of aromatic hydroxyl groups is 1. The van der Waals surface area contributed by atoms with E-state index < -0.39 is 0 Å². The first-order chi connectivity index (χ1) is 8.57. The van der Waals surface area contributed by atoms with Crippen LogP contribution in [0.2, 0.25) is 5.02 Å². The number of piperidine rings is 1. The first-order valence-corrected chi connectivity index (χ1v) is 6.72. The Bertz CT molecular complexity index is 454. The summed E-state index contributed by atoms with van der Waals surface area (Å²) in [5.74, 6) is 1.07. The van der Waals surface area contributed by atoms with Gasteiger partial charge in [0.05, 0.1) is 12.1 Å². The number of phenolic OH excluding ortho intramolecular Hbond substituents is 1. The van der Waals surface area contributed by atoms with Crippen LogP contribution in [0.3, 0.4) is 0 Å². The van der Waals surface area contributed by atoms with Crippen molar-refractivity contribution in [3.63, 3.8) is 0 Å². The lowest BCUT2D eigenvalue weighted by molar-refractivity contribution is 0.360. The van der Waals surface area contributed by atoms with Gasteiger partial charge in [-0.1, -0.05) is 11.6 Å². The van der Waals surface area contributed by atoms with E-state index in [1.807, 2.05) is 13.8 Å². The van der Waals surface area contributed by atoms with Crippen molar-refractivity contribution in [1.29, 1.82) is 0 Å². The molecule has 1 fully saturated rings. The SMILES string of the molecule is COc1c(C)c(Cl)c(C)c(C2CCCNC2)c1O. The smallest absolute Gasteiger partial charge is 0.165 e. The molecular weight excluding hydrogens is 250 g/mol. The maximum atomic E-state index is 10.4. The fraction of sp³-hybridized carbons (Fsp3) is 0.571. The topological polar surface area (TPSA) is 41.5 Å². The van der Waals surface area contributed by atoms with Crippen LogP contribution in [0.25, 0.3) is 0 Å². The van der Waals surface area contributed by atoms with Gasteiger partial charge in [-0.2, -0.15) is 0 Å². The molecular formula is C14H20ClNO2. The van der Waals surface area contributed by atoms with E-state index in [2.05, 4.69) is 5.32 Å². The maximum absolute atomic E-state index is 10.4. The van der Waals surface area contributed by atoms with Gasteiger partial charge in [0.15, 0.2) is 11.5 Å². The summed E-state index contributed by atoms with van der Waals surface area (Å²) in [6, 6.07) is 0. The molecule has 0 amide bonds. The zero-order valence-corrected chi connectivity index (χ0v) is 11.9. The van der Waals surface area contributed by atoms with E-state index in [9.17, 15) is 5.11 Å². The minimum Gasteiger partial charge on any atom is -0.504 e. The van der Waals surface area contributed by atoms with Crippen molar-refractivity contribution in [2.75, 3.05) is 20.2 Å². The number of phenols is 1. The zero-order chi connectivity index (χ0) is 13.3. The molecule has 1 heterocycles. The highest BCUT2D eigenvalue weighted by Crippen LogP contribution is 2.45. The molecule has 0 radical (unpaired) electrons. The molecule has 1 saturated heterocycles. The number of ether oxygens (including phenoxy) is 1. The van der Waals surface area contributed by atoms with Crippen molar-refractivity contribution in [2.45, 2.75) is 32.6 Å². The third-order valence-electron chi connectivity index (χ3n) is 3.78. The van der Waals surface area contributed by atoms with Crippen molar-refractivity contribution in [1.82, 2.24) is 5.32 Å². The third kappa shape index (κ3) is 2.17. The molecule has 4 heteroatoms. The summed E-state index contributed by atoms with van der Waals surface area (Å²) in [6.07, 6.45) is 2.20. The predicted molar refractivity (Wildman–Crippen MR) is 74.0 cm³/mol. The molecule has 0 aromatic heterocycles. The van der Waals surface area contributed by atoms with E-state index in [1.165, 1.54) is 0 Å². The maximum Gasteiger partial charge on any atom is 0.165 e. The lowest BCUT2D eigenvalue weighted by Gasteiger charge is -2.27. The van der Waals surface area contributed by atoms with E-state index in [0.29, 0.717) is 16.7 Å². The highest BCUT2D eigenvalue weighted by molar-refractivity contribution is 6.32. The van der Waals surface area contributed by atoms with Crippen LogP contribution in [0.15, 0.2) is 0 Å². The molecule has 0 bridgehead atoms. The van der Waals surface area contributed by atoms with Crippen molar-refractivity contribution < 1.29 is 9.84 Å². The standard InChI is InChI=1S/C14H20ClNO2/c1-8-11(10-5-4-6-16-7-10)13(17)14(18-3)9(2)12(8)15/h10,16-17H,4-7H2,1-3H3.